The molecule has 0 spiro atoms. The van der Waals surface area contributed by atoms with Crippen molar-refractivity contribution in [2.75, 3.05) is 0 Å². The standard InChI is InChI=1S/C21H18N4O/c1-2-14-8-10-15(11-9-14)19-20(16-6-4-3-5-7-16)25-18(23-19)13-12-17(24-25)21(22)26/h3-13H,2H2,1H3,(H2,22,26). The highest BCUT2D eigenvalue weighted by Crippen LogP contribution is 2.32. The Morgan fingerprint density at radius 2 is 1.69 bits per heavy atom. The zero-order chi connectivity index (χ0) is 18.1. The number of nitrogens with two attached hydrogens (primary N) is 1. The number of primary amides is 1. The minimum absolute atomic E-state index is 0.208. The number of benzene rings is 2. The third-order valence-electron chi connectivity index (χ3n) is 4.41. The number of amides is 1. The molecule has 4 rings (SSSR count). The van der Waals surface area contributed by atoms with E-state index in [-0.39, 0.29) is 5.69 Å². The Morgan fingerprint density at radius 3 is 2.35 bits per heavy atom. The topological polar surface area (TPSA) is 73.3 Å². The fraction of sp³-hybridized carbons (Fsp3) is 0.0952. The first-order chi connectivity index (χ1) is 12.7. The van der Waals surface area contributed by atoms with E-state index < -0.39 is 5.91 Å². The van der Waals surface area contributed by atoms with Crippen LogP contribution in [0.15, 0.2) is 66.7 Å². The molecule has 2 N–H and O–H groups in total. The molecule has 0 aliphatic rings. The summed E-state index contributed by atoms with van der Waals surface area (Å²) in [6.45, 7) is 2.13. The number of imidazole rings is 1. The second-order valence-electron chi connectivity index (χ2n) is 6.08. The summed E-state index contributed by atoms with van der Waals surface area (Å²) in [6.07, 6.45) is 0.987. The van der Waals surface area contributed by atoms with Gasteiger partial charge >= 0.3 is 0 Å². The van der Waals surface area contributed by atoms with Gasteiger partial charge in [0.25, 0.3) is 5.91 Å². The highest BCUT2D eigenvalue weighted by molar-refractivity contribution is 5.91. The summed E-state index contributed by atoms with van der Waals surface area (Å²) >= 11 is 0. The Bertz CT molecular complexity index is 1080. The van der Waals surface area contributed by atoms with Gasteiger partial charge in [-0.1, -0.05) is 61.5 Å². The molecule has 0 atom stereocenters. The van der Waals surface area contributed by atoms with Crippen molar-refractivity contribution in [3.8, 4) is 22.5 Å². The van der Waals surface area contributed by atoms with E-state index in [1.807, 2.05) is 30.3 Å². The molecule has 5 nitrogen and oxygen atoms in total. The number of aromatic nitrogens is 3. The first-order valence-corrected chi connectivity index (χ1v) is 8.51. The monoisotopic (exact) mass is 342 g/mol. The molecule has 128 valence electrons. The van der Waals surface area contributed by atoms with Crippen molar-refractivity contribution in [1.29, 1.82) is 0 Å². The Labute approximate surface area is 151 Å². The van der Waals surface area contributed by atoms with E-state index in [2.05, 4.69) is 36.3 Å². The Hall–Kier alpha value is -3.47. The van der Waals surface area contributed by atoms with E-state index in [0.29, 0.717) is 5.65 Å². The number of nitrogens with zero attached hydrogens (tertiary/aromatic N) is 3. The molecule has 0 aliphatic carbocycles. The van der Waals surface area contributed by atoms with Crippen LogP contribution in [0.2, 0.25) is 0 Å². The fourth-order valence-corrected chi connectivity index (χ4v) is 3.02. The van der Waals surface area contributed by atoms with Gasteiger partial charge in [-0.3, -0.25) is 4.79 Å². The van der Waals surface area contributed by atoms with Crippen LogP contribution < -0.4 is 5.73 Å². The summed E-state index contributed by atoms with van der Waals surface area (Å²) in [5, 5.41) is 4.41. The number of rotatable bonds is 4. The van der Waals surface area contributed by atoms with Gasteiger partial charge in [0.05, 0.1) is 5.69 Å². The number of hydrogen-bond acceptors (Lipinski definition) is 3. The molecule has 5 heteroatoms. The van der Waals surface area contributed by atoms with Gasteiger partial charge in [-0.05, 0) is 24.1 Å². The highest BCUT2D eigenvalue weighted by atomic mass is 16.1. The first-order valence-electron chi connectivity index (χ1n) is 8.51. The zero-order valence-electron chi connectivity index (χ0n) is 14.4. The summed E-state index contributed by atoms with van der Waals surface area (Å²) in [5.41, 5.74) is 11.2. The van der Waals surface area contributed by atoms with E-state index in [4.69, 9.17) is 10.7 Å². The zero-order valence-corrected chi connectivity index (χ0v) is 14.4. The molecule has 0 saturated heterocycles. The van der Waals surface area contributed by atoms with Crippen LogP contribution in [0.3, 0.4) is 0 Å². The average molecular weight is 342 g/mol. The second kappa shape index (κ2) is 6.44. The molecule has 2 aromatic carbocycles. The number of carbonyl (C=O) groups excluding carboxylic acids is 1. The van der Waals surface area contributed by atoms with Crippen molar-refractivity contribution in [1.82, 2.24) is 14.6 Å². The number of aryl methyl sites for hydroxylation is 1. The molecule has 0 bridgehead atoms. The third kappa shape index (κ3) is 2.73. The Balaban J connectivity index is 2.00. The normalized spacial score (nSPS) is 11.0. The van der Waals surface area contributed by atoms with Crippen molar-refractivity contribution in [3.63, 3.8) is 0 Å². The molecule has 0 aliphatic heterocycles. The lowest BCUT2D eigenvalue weighted by atomic mass is 10.0. The van der Waals surface area contributed by atoms with E-state index in [1.54, 1.807) is 16.6 Å². The Kier molecular flexibility index (Phi) is 3.97. The van der Waals surface area contributed by atoms with Crippen molar-refractivity contribution in [2.45, 2.75) is 13.3 Å². The van der Waals surface area contributed by atoms with Crippen LogP contribution in [-0.2, 0) is 6.42 Å². The smallest absolute Gasteiger partial charge is 0.269 e. The van der Waals surface area contributed by atoms with Gasteiger partial charge in [0.15, 0.2) is 5.65 Å². The van der Waals surface area contributed by atoms with Gasteiger partial charge in [0.1, 0.15) is 11.4 Å². The molecule has 0 unspecified atom stereocenters. The van der Waals surface area contributed by atoms with E-state index in [1.165, 1.54) is 5.56 Å². The van der Waals surface area contributed by atoms with Gasteiger partial charge in [-0.2, -0.15) is 5.10 Å². The van der Waals surface area contributed by atoms with Crippen LogP contribution in [0.5, 0.6) is 0 Å². The minimum atomic E-state index is -0.562. The summed E-state index contributed by atoms with van der Waals surface area (Å²) < 4.78 is 1.69. The van der Waals surface area contributed by atoms with Crippen LogP contribution >= 0.6 is 0 Å². The third-order valence-corrected chi connectivity index (χ3v) is 4.41. The van der Waals surface area contributed by atoms with Crippen LogP contribution in [0.4, 0.5) is 0 Å². The van der Waals surface area contributed by atoms with Crippen LogP contribution in [-0.4, -0.2) is 20.5 Å². The maximum absolute atomic E-state index is 11.6. The lowest BCUT2D eigenvalue weighted by molar-refractivity contribution is 0.0994. The molecule has 2 aromatic heterocycles. The lowest BCUT2D eigenvalue weighted by Gasteiger charge is -2.06. The maximum atomic E-state index is 11.6. The number of fused-ring (bicyclic) bond motifs is 1. The summed E-state index contributed by atoms with van der Waals surface area (Å²) in [7, 11) is 0. The molecular formula is C21H18N4O. The fourth-order valence-electron chi connectivity index (χ4n) is 3.02. The molecule has 0 fully saturated rings. The van der Waals surface area contributed by atoms with Crippen LogP contribution in [0.25, 0.3) is 28.2 Å². The molecule has 0 saturated carbocycles. The highest BCUT2D eigenvalue weighted by Gasteiger charge is 2.18. The predicted molar refractivity (Wildman–Crippen MR) is 102 cm³/mol. The SMILES string of the molecule is CCc1ccc(-c2nc3ccc(C(N)=O)nn3c2-c2ccccc2)cc1. The van der Waals surface area contributed by atoms with Crippen molar-refractivity contribution in [2.24, 2.45) is 5.73 Å². The Morgan fingerprint density at radius 1 is 0.962 bits per heavy atom. The minimum Gasteiger partial charge on any atom is -0.364 e. The largest absolute Gasteiger partial charge is 0.364 e. The van der Waals surface area contributed by atoms with E-state index >= 15 is 0 Å². The average Bonchev–Trinajstić information content (AvgIpc) is 3.07. The summed E-state index contributed by atoms with van der Waals surface area (Å²) in [4.78, 5) is 16.3. The van der Waals surface area contributed by atoms with Crippen molar-refractivity contribution >= 4 is 11.6 Å². The maximum Gasteiger partial charge on any atom is 0.269 e. The van der Waals surface area contributed by atoms with E-state index in [9.17, 15) is 4.79 Å². The number of carbonyl (C=O) groups is 1. The summed E-state index contributed by atoms with van der Waals surface area (Å²) in [5.74, 6) is -0.562. The van der Waals surface area contributed by atoms with Gasteiger partial charge < -0.3 is 5.73 Å². The van der Waals surface area contributed by atoms with Crippen LogP contribution in [0, 0.1) is 0 Å². The molecule has 2 heterocycles. The number of hydrogen-bond donors (Lipinski definition) is 1. The second-order valence-corrected chi connectivity index (χ2v) is 6.08. The molecular weight excluding hydrogens is 324 g/mol. The first kappa shape index (κ1) is 16.0. The molecule has 1 amide bonds. The van der Waals surface area contributed by atoms with Crippen molar-refractivity contribution in [3.05, 3.63) is 78.0 Å². The van der Waals surface area contributed by atoms with Gasteiger partial charge in [0.2, 0.25) is 0 Å². The summed E-state index contributed by atoms with van der Waals surface area (Å²) in [6, 6.07) is 21.6. The molecule has 0 radical (unpaired) electrons. The molecule has 4 aromatic rings. The van der Waals surface area contributed by atoms with Gasteiger partial charge in [-0.15, -0.1) is 0 Å². The quantitative estimate of drug-likeness (QED) is 0.614. The van der Waals surface area contributed by atoms with Gasteiger partial charge in [0, 0.05) is 11.1 Å². The van der Waals surface area contributed by atoms with Crippen LogP contribution in [0.1, 0.15) is 23.0 Å². The predicted octanol–water partition coefficient (Wildman–Crippen LogP) is 3.72. The lowest BCUT2D eigenvalue weighted by Crippen LogP contribution is -2.14. The van der Waals surface area contributed by atoms with Gasteiger partial charge in [-0.25, -0.2) is 9.50 Å². The van der Waals surface area contributed by atoms with E-state index in [0.717, 1.165) is 28.9 Å². The molecule has 26 heavy (non-hydrogen) atoms. The van der Waals surface area contributed by atoms with Crippen molar-refractivity contribution < 1.29 is 4.79 Å².